The minimum absolute atomic E-state index is 0.0619. The van der Waals surface area contributed by atoms with E-state index >= 15 is 0 Å². The second-order valence-electron chi connectivity index (χ2n) is 7.18. The van der Waals surface area contributed by atoms with Gasteiger partial charge in [-0.25, -0.2) is 4.79 Å². The molecule has 1 saturated carbocycles. The third kappa shape index (κ3) is 3.57. The highest BCUT2D eigenvalue weighted by Gasteiger charge is 2.34. The van der Waals surface area contributed by atoms with Crippen molar-refractivity contribution >= 4 is 32.9 Å². The number of aromatic nitrogens is 2. The summed E-state index contributed by atoms with van der Waals surface area (Å²) in [6.07, 6.45) is 1.17. The largest absolute Gasteiger partial charge is 0.444 e. The van der Waals surface area contributed by atoms with Crippen molar-refractivity contribution in [3.63, 3.8) is 0 Å². The van der Waals surface area contributed by atoms with Crippen LogP contribution in [0.1, 0.15) is 45.3 Å². The molecular formula is C17H22BrN3O3. The molecular weight excluding hydrogens is 374 g/mol. The van der Waals surface area contributed by atoms with Gasteiger partial charge in [0.1, 0.15) is 5.60 Å². The molecule has 1 heterocycles. The van der Waals surface area contributed by atoms with Crippen LogP contribution in [0.15, 0.2) is 22.7 Å². The summed E-state index contributed by atoms with van der Waals surface area (Å²) in [5.74, 6) is 0. The van der Waals surface area contributed by atoms with Crippen molar-refractivity contribution in [2.75, 3.05) is 0 Å². The second-order valence-corrected chi connectivity index (χ2v) is 8.09. The molecule has 2 N–H and O–H groups in total. The number of carbonyl (C=O) groups is 1. The Morgan fingerprint density at radius 1 is 1.46 bits per heavy atom. The molecule has 2 aromatic rings. The number of amides is 1. The average Bonchev–Trinajstić information content (AvgIpc) is 2.77. The van der Waals surface area contributed by atoms with Gasteiger partial charge in [0.05, 0.1) is 23.9 Å². The van der Waals surface area contributed by atoms with Crippen LogP contribution in [0.3, 0.4) is 0 Å². The molecule has 7 heteroatoms. The molecule has 6 nitrogen and oxygen atoms in total. The maximum atomic E-state index is 11.8. The molecule has 0 radical (unpaired) electrons. The van der Waals surface area contributed by atoms with E-state index < -0.39 is 5.60 Å². The number of hydrogen-bond acceptors (Lipinski definition) is 4. The molecule has 0 saturated heterocycles. The zero-order chi connectivity index (χ0) is 17.5. The predicted molar refractivity (Wildman–Crippen MR) is 94.8 cm³/mol. The fraction of sp³-hybridized carbons (Fsp3) is 0.529. The predicted octanol–water partition coefficient (Wildman–Crippen LogP) is 3.52. The highest BCUT2D eigenvalue weighted by atomic mass is 79.9. The molecule has 24 heavy (non-hydrogen) atoms. The lowest BCUT2D eigenvalue weighted by atomic mass is 9.87. The van der Waals surface area contributed by atoms with Crippen LogP contribution in [0.4, 0.5) is 4.79 Å². The molecule has 1 fully saturated rings. The van der Waals surface area contributed by atoms with Crippen molar-refractivity contribution < 1.29 is 14.6 Å². The molecule has 0 atom stereocenters. The van der Waals surface area contributed by atoms with Gasteiger partial charge in [-0.3, -0.25) is 4.68 Å². The molecule has 1 aromatic carbocycles. The fourth-order valence-electron chi connectivity index (χ4n) is 2.97. The number of nitrogens with zero attached hydrogens (tertiary/aromatic N) is 2. The fourth-order valence-corrected chi connectivity index (χ4v) is 3.33. The van der Waals surface area contributed by atoms with Crippen LogP contribution in [0.2, 0.25) is 0 Å². The summed E-state index contributed by atoms with van der Waals surface area (Å²) in [6.45, 7) is 5.47. The average molecular weight is 396 g/mol. The van der Waals surface area contributed by atoms with Gasteiger partial charge in [0.25, 0.3) is 0 Å². The van der Waals surface area contributed by atoms with Crippen molar-refractivity contribution in [1.82, 2.24) is 15.1 Å². The van der Waals surface area contributed by atoms with Crippen LogP contribution in [0, 0.1) is 0 Å². The quantitative estimate of drug-likeness (QED) is 0.833. The Kier molecular flexibility index (Phi) is 4.57. The molecule has 0 unspecified atom stereocenters. The molecule has 1 aromatic heterocycles. The van der Waals surface area contributed by atoms with Gasteiger partial charge in [-0.05, 0) is 51.8 Å². The van der Waals surface area contributed by atoms with Crippen molar-refractivity contribution in [3.05, 3.63) is 28.4 Å². The van der Waals surface area contributed by atoms with Crippen LogP contribution < -0.4 is 5.32 Å². The highest BCUT2D eigenvalue weighted by molar-refractivity contribution is 9.10. The Bertz CT molecular complexity index is 760. The highest BCUT2D eigenvalue weighted by Crippen LogP contribution is 2.35. The molecule has 3 rings (SSSR count). The first-order chi connectivity index (χ1) is 11.3. The maximum Gasteiger partial charge on any atom is 0.407 e. The van der Waals surface area contributed by atoms with Gasteiger partial charge >= 0.3 is 6.09 Å². The van der Waals surface area contributed by atoms with Crippen molar-refractivity contribution in [2.45, 2.75) is 57.9 Å². The van der Waals surface area contributed by atoms with E-state index in [1.54, 1.807) is 0 Å². The zero-order valence-corrected chi connectivity index (χ0v) is 15.6. The molecule has 130 valence electrons. The number of hydrogen-bond donors (Lipinski definition) is 2. The number of fused-ring (bicyclic) bond motifs is 1. The number of halogens is 1. The van der Waals surface area contributed by atoms with E-state index in [9.17, 15) is 9.90 Å². The maximum absolute atomic E-state index is 11.8. The minimum atomic E-state index is -0.496. The van der Waals surface area contributed by atoms with Gasteiger partial charge in [0, 0.05) is 15.9 Å². The Morgan fingerprint density at radius 2 is 2.17 bits per heavy atom. The monoisotopic (exact) mass is 395 g/mol. The normalized spacial score (nSPS) is 20.7. The van der Waals surface area contributed by atoms with Gasteiger partial charge < -0.3 is 15.2 Å². The van der Waals surface area contributed by atoms with E-state index in [0.29, 0.717) is 0 Å². The van der Waals surface area contributed by atoms with Crippen molar-refractivity contribution in [3.8, 4) is 0 Å². The minimum Gasteiger partial charge on any atom is -0.444 e. The number of ether oxygens (including phenoxy) is 1. The molecule has 0 spiro atoms. The lowest BCUT2D eigenvalue weighted by Gasteiger charge is -2.36. The first-order valence-corrected chi connectivity index (χ1v) is 8.83. The number of alkyl carbamates (subject to hydrolysis) is 1. The van der Waals surface area contributed by atoms with Gasteiger partial charge in [0.2, 0.25) is 0 Å². The van der Waals surface area contributed by atoms with Crippen molar-refractivity contribution in [2.24, 2.45) is 0 Å². The summed E-state index contributed by atoms with van der Waals surface area (Å²) >= 11 is 3.45. The summed E-state index contributed by atoms with van der Waals surface area (Å²) in [6, 6.07) is 6.10. The van der Waals surface area contributed by atoms with E-state index in [-0.39, 0.29) is 24.8 Å². The molecule has 1 amide bonds. The van der Waals surface area contributed by atoms with E-state index in [1.165, 1.54) is 0 Å². The summed E-state index contributed by atoms with van der Waals surface area (Å²) in [4.78, 5) is 11.8. The topological polar surface area (TPSA) is 76.4 Å². The van der Waals surface area contributed by atoms with Crippen LogP contribution in [-0.2, 0) is 11.3 Å². The van der Waals surface area contributed by atoms with Gasteiger partial charge in [-0.1, -0.05) is 15.9 Å². The Morgan fingerprint density at radius 3 is 2.79 bits per heavy atom. The Labute approximate surface area is 149 Å². The lowest BCUT2D eigenvalue weighted by molar-refractivity contribution is 0.0450. The third-order valence-corrected chi connectivity index (χ3v) is 4.58. The van der Waals surface area contributed by atoms with Gasteiger partial charge in [-0.2, -0.15) is 5.10 Å². The van der Waals surface area contributed by atoms with Crippen LogP contribution in [0.5, 0.6) is 0 Å². The first kappa shape index (κ1) is 17.2. The summed E-state index contributed by atoms with van der Waals surface area (Å²) in [5.41, 5.74) is 1.18. The summed E-state index contributed by atoms with van der Waals surface area (Å²) < 4.78 is 8.13. The van der Waals surface area contributed by atoms with Gasteiger partial charge in [-0.15, -0.1) is 0 Å². The Hall–Kier alpha value is -1.60. The molecule has 1 aliphatic rings. The van der Waals surface area contributed by atoms with Gasteiger partial charge in [0.15, 0.2) is 0 Å². The summed E-state index contributed by atoms with van der Waals surface area (Å²) in [5, 5.41) is 18.2. The summed E-state index contributed by atoms with van der Waals surface area (Å²) in [7, 11) is 0. The van der Waals surface area contributed by atoms with E-state index in [4.69, 9.17) is 4.74 Å². The number of rotatable bonds is 3. The van der Waals surface area contributed by atoms with E-state index in [1.807, 2.05) is 43.7 Å². The van der Waals surface area contributed by atoms with E-state index in [0.717, 1.165) is 33.9 Å². The standard InChI is InChI=1S/C17H22BrN3O3/c1-17(2,3)24-16(23)19-11-7-12(8-11)21-15(9-22)13-6-10(18)4-5-14(13)20-21/h4-6,11-12,22H,7-9H2,1-3H3,(H,19,23). The number of carbonyl (C=O) groups excluding carboxylic acids is 1. The number of aliphatic hydroxyl groups excluding tert-OH is 1. The van der Waals surface area contributed by atoms with Crippen LogP contribution >= 0.6 is 15.9 Å². The lowest BCUT2D eigenvalue weighted by Crippen LogP contribution is -2.47. The molecule has 0 aliphatic heterocycles. The SMILES string of the molecule is CC(C)(C)OC(=O)NC1CC(n2nc3ccc(Br)cc3c2CO)C1. The Balaban J connectivity index is 1.68. The number of nitrogens with one attached hydrogen (secondary N) is 1. The second kappa shape index (κ2) is 6.37. The number of aliphatic hydroxyl groups is 1. The van der Waals surface area contributed by atoms with E-state index in [2.05, 4.69) is 26.3 Å². The van der Waals surface area contributed by atoms with Crippen molar-refractivity contribution in [1.29, 1.82) is 0 Å². The van der Waals surface area contributed by atoms with Crippen LogP contribution in [-0.4, -0.2) is 32.6 Å². The smallest absolute Gasteiger partial charge is 0.407 e. The van der Waals surface area contributed by atoms with Crippen LogP contribution in [0.25, 0.3) is 10.9 Å². The molecule has 1 aliphatic carbocycles. The third-order valence-electron chi connectivity index (χ3n) is 4.09. The zero-order valence-electron chi connectivity index (χ0n) is 14.0. The first-order valence-electron chi connectivity index (χ1n) is 8.04. The number of benzene rings is 1. The molecule has 0 bridgehead atoms.